The summed E-state index contributed by atoms with van der Waals surface area (Å²) in [4.78, 5) is 0. The van der Waals surface area contributed by atoms with Gasteiger partial charge in [-0.15, -0.1) is 0 Å². The second-order valence-corrected chi connectivity index (χ2v) is 7.26. The van der Waals surface area contributed by atoms with Crippen LogP contribution in [0, 0.1) is 6.92 Å². The second-order valence-electron chi connectivity index (χ2n) is 5.74. The molecule has 0 saturated carbocycles. The normalized spacial score (nSPS) is 19.3. The highest BCUT2D eigenvalue weighted by molar-refractivity contribution is 9.09. The Labute approximate surface area is 106 Å². The molecule has 0 spiro atoms. The van der Waals surface area contributed by atoms with Gasteiger partial charge in [-0.1, -0.05) is 54.9 Å². The maximum Gasteiger partial charge on any atom is 0.0974 e. The molecule has 16 heavy (non-hydrogen) atoms. The standard InChI is InChI=1S/C14H19BrO/c1-10-5-6-11(13(2,3)4)7-12(10)14(15)8-16-9-14/h5-7H,8-9H2,1-4H3. The molecule has 0 unspecified atom stereocenters. The highest BCUT2D eigenvalue weighted by Gasteiger charge is 2.39. The molecule has 1 aliphatic rings. The van der Waals surface area contributed by atoms with Crippen LogP contribution in [-0.4, -0.2) is 13.2 Å². The van der Waals surface area contributed by atoms with Gasteiger partial charge in [0.05, 0.1) is 17.5 Å². The summed E-state index contributed by atoms with van der Waals surface area (Å²) in [6.45, 7) is 10.5. The van der Waals surface area contributed by atoms with Crippen LogP contribution in [0.5, 0.6) is 0 Å². The van der Waals surface area contributed by atoms with E-state index in [1.54, 1.807) is 0 Å². The van der Waals surface area contributed by atoms with E-state index in [0.717, 1.165) is 13.2 Å². The lowest BCUT2D eigenvalue weighted by Crippen LogP contribution is -2.41. The van der Waals surface area contributed by atoms with Crippen LogP contribution < -0.4 is 0 Å². The Balaban J connectivity index is 2.45. The van der Waals surface area contributed by atoms with E-state index in [9.17, 15) is 0 Å². The summed E-state index contributed by atoms with van der Waals surface area (Å²) in [7, 11) is 0. The molecule has 0 N–H and O–H groups in total. The number of hydrogen-bond acceptors (Lipinski definition) is 1. The maximum absolute atomic E-state index is 5.33. The monoisotopic (exact) mass is 282 g/mol. The lowest BCUT2D eigenvalue weighted by Gasteiger charge is -2.38. The zero-order valence-electron chi connectivity index (χ0n) is 10.4. The van der Waals surface area contributed by atoms with Gasteiger partial charge in [-0.25, -0.2) is 0 Å². The summed E-state index contributed by atoms with van der Waals surface area (Å²) in [5.41, 5.74) is 4.31. The van der Waals surface area contributed by atoms with Crippen LogP contribution in [0.3, 0.4) is 0 Å². The molecular weight excluding hydrogens is 264 g/mol. The van der Waals surface area contributed by atoms with Gasteiger partial charge in [-0.05, 0) is 29.0 Å². The smallest absolute Gasteiger partial charge is 0.0974 e. The van der Waals surface area contributed by atoms with Crippen LogP contribution in [-0.2, 0) is 14.5 Å². The molecule has 1 heterocycles. The molecule has 0 aromatic heterocycles. The van der Waals surface area contributed by atoms with Gasteiger partial charge in [0.2, 0.25) is 0 Å². The molecule has 0 bridgehead atoms. The van der Waals surface area contributed by atoms with E-state index in [1.807, 2.05) is 0 Å². The summed E-state index contributed by atoms with van der Waals surface area (Å²) >= 11 is 3.80. The van der Waals surface area contributed by atoms with Crippen LogP contribution in [0.2, 0.25) is 0 Å². The summed E-state index contributed by atoms with van der Waals surface area (Å²) < 4.78 is 5.38. The Morgan fingerprint density at radius 1 is 1.25 bits per heavy atom. The first-order chi connectivity index (χ1) is 7.33. The molecule has 0 amide bonds. The number of rotatable bonds is 1. The Hall–Kier alpha value is -0.340. The van der Waals surface area contributed by atoms with Gasteiger partial charge in [0.1, 0.15) is 0 Å². The lowest BCUT2D eigenvalue weighted by atomic mass is 9.82. The van der Waals surface area contributed by atoms with Crippen molar-refractivity contribution in [2.24, 2.45) is 0 Å². The number of ether oxygens (including phenoxy) is 1. The van der Waals surface area contributed by atoms with E-state index < -0.39 is 0 Å². The fourth-order valence-corrected chi connectivity index (χ4v) is 2.76. The Bertz CT molecular complexity index is 400. The summed E-state index contributed by atoms with van der Waals surface area (Å²) in [6, 6.07) is 6.78. The van der Waals surface area contributed by atoms with Crippen LogP contribution in [0.25, 0.3) is 0 Å². The molecule has 2 heteroatoms. The van der Waals surface area contributed by atoms with E-state index in [0.29, 0.717) is 0 Å². The van der Waals surface area contributed by atoms with Crippen molar-refractivity contribution in [3.05, 3.63) is 34.9 Å². The Morgan fingerprint density at radius 3 is 2.31 bits per heavy atom. The number of alkyl halides is 1. The van der Waals surface area contributed by atoms with Crippen molar-refractivity contribution >= 4 is 15.9 Å². The summed E-state index contributed by atoms with van der Waals surface area (Å²) in [5, 5.41) is 0. The van der Waals surface area contributed by atoms with Crippen molar-refractivity contribution in [1.82, 2.24) is 0 Å². The van der Waals surface area contributed by atoms with Crippen molar-refractivity contribution in [3.63, 3.8) is 0 Å². The number of hydrogen-bond donors (Lipinski definition) is 0. The van der Waals surface area contributed by atoms with Crippen molar-refractivity contribution in [2.45, 2.75) is 37.4 Å². The van der Waals surface area contributed by atoms with Crippen molar-refractivity contribution in [3.8, 4) is 0 Å². The molecule has 1 nitrogen and oxygen atoms in total. The molecule has 88 valence electrons. The average molecular weight is 283 g/mol. The molecule has 1 saturated heterocycles. The molecular formula is C14H19BrO. The van der Waals surface area contributed by atoms with Crippen LogP contribution >= 0.6 is 15.9 Å². The molecule has 1 aromatic carbocycles. The van der Waals surface area contributed by atoms with Gasteiger partial charge in [-0.3, -0.25) is 0 Å². The number of halogens is 1. The van der Waals surface area contributed by atoms with Crippen molar-refractivity contribution < 1.29 is 4.74 Å². The topological polar surface area (TPSA) is 9.23 Å². The predicted octanol–water partition coefficient (Wildman–Crippen LogP) is 3.91. The molecule has 1 aromatic rings. The zero-order valence-corrected chi connectivity index (χ0v) is 12.0. The summed E-state index contributed by atoms with van der Waals surface area (Å²) in [5.74, 6) is 0. The third kappa shape index (κ3) is 2.05. The first-order valence-electron chi connectivity index (χ1n) is 5.71. The largest absolute Gasteiger partial charge is 0.378 e. The van der Waals surface area contributed by atoms with Gasteiger partial charge in [0.25, 0.3) is 0 Å². The minimum Gasteiger partial charge on any atom is -0.378 e. The van der Waals surface area contributed by atoms with Crippen molar-refractivity contribution in [1.29, 1.82) is 0 Å². The first kappa shape index (κ1) is 12.1. The zero-order chi connectivity index (χ0) is 12.0. The van der Waals surface area contributed by atoms with Crippen LogP contribution in [0.4, 0.5) is 0 Å². The van der Waals surface area contributed by atoms with E-state index >= 15 is 0 Å². The minimum absolute atomic E-state index is 0.0539. The number of aryl methyl sites for hydroxylation is 1. The highest BCUT2D eigenvalue weighted by Crippen LogP contribution is 2.41. The first-order valence-corrected chi connectivity index (χ1v) is 6.50. The predicted molar refractivity (Wildman–Crippen MR) is 71.3 cm³/mol. The summed E-state index contributed by atoms with van der Waals surface area (Å²) in [6.07, 6.45) is 0. The second kappa shape index (κ2) is 3.85. The number of benzene rings is 1. The van der Waals surface area contributed by atoms with Crippen LogP contribution in [0.1, 0.15) is 37.5 Å². The van der Waals surface area contributed by atoms with Gasteiger partial charge in [0.15, 0.2) is 0 Å². The molecule has 0 radical (unpaired) electrons. The molecule has 0 aliphatic carbocycles. The Morgan fingerprint density at radius 2 is 1.88 bits per heavy atom. The van der Waals surface area contributed by atoms with E-state index in [2.05, 4.69) is 61.8 Å². The van der Waals surface area contributed by atoms with E-state index in [4.69, 9.17) is 4.74 Å². The molecule has 1 fully saturated rings. The SMILES string of the molecule is Cc1ccc(C(C)(C)C)cc1C1(Br)COC1. The molecule has 0 atom stereocenters. The Kier molecular flexibility index (Phi) is 2.92. The van der Waals surface area contributed by atoms with E-state index in [1.165, 1.54) is 16.7 Å². The highest BCUT2D eigenvalue weighted by atomic mass is 79.9. The van der Waals surface area contributed by atoms with Gasteiger partial charge < -0.3 is 4.74 Å². The fraction of sp³-hybridized carbons (Fsp3) is 0.571. The third-order valence-corrected chi connectivity index (χ3v) is 4.13. The average Bonchev–Trinajstić information content (AvgIpc) is 2.13. The van der Waals surface area contributed by atoms with Gasteiger partial charge in [-0.2, -0.15) is 0 Å². The van der Waals surface area contributed by atoms with Crippen molar-refractivity contribution in [2.75, 3.05) is 13.2 Å². The maximum atomic E-state index is 5.33. The van der Waals surface area contributed by atoms with Gasteiger partial charge >= 0.3 is 0 Å². The molecule has 1 aliphatic heterocycles. The van der Waals surface area contributed by atoms with E-state index in [-0.39, 0.29) is 9.74 Å². The third-order valence-electron chi connectivity index (χ3n) is 3.25. The van der Waals surface area contributed by atoms with Crippen LogP contribution in [0.15, 0.2) is 18.2 Å². The van der Waals surface area contributed by atoms with Gasteiger partial charge in [0, 0.05) is 0 Å². The quantitative estimate of drug-likeness (QED) is 0.710. The fourth-order valence-electron chi connectivity index (χ4n) is 2.01. The minimum atomic E-state index is 0.0539. The molecule has 2 rings (SSSR count). The lowest BCUT2D eigenvalue weighted by molar-refractivity contribution is -0.00729.